The van der Waals surface area contributed by atoms with Gasteiger partial charge in [0, 0.05) is 42.3 Å². The third-order valence-electron chi connectivity index (χ3n) is 5.44. The van der Waals surface area contributed by atoms with Crippen molar-refractivity contribution < 1.29 is 4.79 Å². The zero-order chi connectivity index (χ0) is 20.5. The molecule has 0 aliphatic heterocycles. The molecule has 2 aromatic heterocycles. The van der Waals surface area contributed by atoms with E-state index in [-0.39, 0.29) is 5.91 Å². The molecular formula is C24H23N5O. The Morgan fingerprint density at radius 2 is 1.93 bits per heavy atom. The molecule has 0 saturated heterocycles. The molecule has 1 saturated carbocycles. The van der Waals surface area contributed by atoms with Crippen LogP contribution in [0.25, 0.3) is 16.9 Å². The highest BCUT2D eigenvalue weighted by molar-refractivity contribution is 5.95. The number of imidazole rings is 1. The highest BCUT2D eigenvalue weighted by Crippen LogP contribution is 2.24. The molecule has 6 heteroatoms. The SMILES string of the molecule is Cc1ccccc1CNc1nc(-c2ccc(C(=O)NC3CC3)cc2)cn2ccnc12. The van der Waals surface area contributed by atoms with Crippen LogP contribution in [0.3, 0.4) is 0 Å². The largest absolute Gasteiger partial charge is 0.363 e. The first-order valence-electron chi connectivity index (χ1n) is 10.2. The predicted molar refractivity (Wildman–Crippen MR) is 117 cm³/mol. The number of rotatable bonds is 6. The topological polar surface area (TPSA) is 71.3 Å². The Balaban J connectivity index is 1.42. The molecule has 2 heterocycles. The summed E-state index contributed by atoms with van der Waals surface area (Å²) in [7, 11) is 0. The molecule has 1 fully saturated rings. The van der Waals surface area contributed by atoms with Gasteiger partial charge in [0.05, 0.1) is 5.69 Å². The van der Waals surface area contributed by atoms with Gasteiger partial charge in [0.2, 0.25) is 0 Å². The van der Waals surface area contributed by atoms with E-state index in [9.17, 15) is 4.79 Å². The van der Waals surface area contributed by atoms with Gasteiger partial charge in [0.1, 0.15) is 0 Å². The van der Waals surface area contributed by atoms with Crippen molar-refractivity contribution in [1.29, 1.82) is 0 Å². The van der Waals surface area contributed by atoms with Gasteiger partial charge in [-0.2, -0.15) is 0 Å². The van der Waals surface area contributed by atoms with Crippen LogP contribution in [0.4, 0.5) is 5.82 Å². The van der Waals surface area contributed by atoms with E-state index < -0.39 is 0 Å². The Labute approximate surface area is 175 Å². The zero-order valence-corrected chi connectivity index (χ0v) is 16.8. The molecule has 2 N–H and O–H groups in total. The average Bonchev–Trinajstić information content (AvgIpc) is 3.45. The Morgan fingerprint density at radius 1 is 1.13 bits per heavy atom. The first kappa shape index (κ1) is 18.4. The summed E-state index contributed by atoms with van der Waals surface area (Å²) in [5, 5.41) is 6.46. The summed E-state index contributed by atoms with van der Waals surface area (Å²) in [4.78, 5) is 21.5. The Bertz CT molecular complexity index is 1210. The van der Waals surface area contributed by atoms with E-state index in [0.29, 0.717) is 18.2 Å². The first-order valence-corrected chi connectivity index (χ1v) is 10.2. The van der Waals surface area contributed by atoms with Crippen LogP contribution in [0.2, 0.25) is 0 Å². The summed E-state index contributed by atoms with van der Waals surface area (Å²) in [6.45, 7) is 2.78. The highest BCUT2D eigenvalue weighted by Gasteiger charge is 2.23. The minimum absolute atomic E-state index is 0.0114. The van der Waals surface area contributed by atoms with Crippen LogP contribution in [0.5, 0.6) is 0 Å². The number of hydrogen-bond acceptors (Lipinski definition) is 4. The summed E-state index contributed by atoms with van der Waals surface area (Å²) in [5.74, 6) is 0.721. The number of nitrogens with one attached hydrogen (secondary N) is 2. The van der Waals surface area contributed by atoms with Gasteiger partial charge in [-0.3, -0.25) is 4.79 Å². The monoisotopic (exact) mass is 397 g/mol. The maximum absolute atomic E-state index is 12.2. The van der Waals surface area contributed by atoms with Gasteiger partial charge in [0.15, 0.2) is 11.5 Å². The summed E-state index contributed by atoms with van der Waals surface area (Å²) < 4.78 is 1.97. The number of amides is 1. The molecule has 4 aromatic rings. The Morgan fingerprint density at radius 3 is 2.70 bits per heavy atom. The van der Waals surface area contributed by atoms with E-state index in [1.807, 2.05) is 53.2 Å². The molecule has 5 rings (SSSR count). The number of nitrogens with zero attached hydrogens (tertiary/aromatic N) is 3. The van der Waals surface area contributed by atoms with Crippen LogP contribution in [0.15, 0.2) is 67.1 Å². The number of anilines is 1. The number of carbonyl (C=O) groups is 1. The van der Waals surface area contributed by atoms with Crippen molar-refractivity contribution in [3.8, 4) is 11.3 Å². The number of hydrogen-bond donors (Lipinski definition) is 2. The number of aryl methyl sites for hydroxylation is 1. The average molecular weight is 397 g/mol. The van der Waals surface area contributed by atoms with Gasteiger partial charge in [-0.15, -0.1) is 0 Å². The maximum atomic E-state index is 12.2. The Hall–Kier alpha value is -3.67. The van der Waals surface area contributed by atoms with E-state index in [2.05, 4.69) is 34.7 Å². The van der Waals surface area contributed by atoms with Crippen molar-refractivity contribution >= 4 is 17.4 Å². The van der Waals surface area contributed by atoms with Gasteiger partial charge in [-0.05, 0) is 43.0 Å². The van der Waals surface area contributed by atoms with Crippen molar-refractivity contribution in [2.45, 2.75) is 32.4 Å². The second-order valence-electron chi connectivity index (χ2n) is 7.74. The fraction of sp³-hybridized carbons (Fsp3) is 0.208. The quantitative estimate of drug-likeness (QED) is 0.511. The third kappa shape index (κ3) is 3.76. The maximum Gasteiger partial charge on any atom is 0.251 e. The summed E-state index contributed by atoms with van der Waals surface area (Å²) in [6.07, 6.45) is 7.80. The van der Waals surface area contributed by atoms with E-state index in [0.717, 1.165) is 35.6 Å². The van der Waals surface area contributed by atoms with Gasteiger partial charge >= 0.3 is 0 Å². The molecule has 0 unspecified atom stereocenters. The van der Waals surface area contributed by atoms with Crippen LogP contribution < -0.4 is 10.6 Å². The van der Waals surface area contributed by atoms with Crippen molar-refractivity contribution in [1.82, 2.24) is 19.7 Å². The lowest BCUT2D eigenvalue weighted by Gasteiger charge is -2.12. The van der Waals surface area contributed by atoms with E-state index in [1.54, 1.807) is 6.20 Å². The second-order valence-corrected chi connectivity index (χ2v) is 7.74. The van der Waals surface area contributed by atoms with Crippen LogP contribution in [-0.4, -0.2) is 26.3 Å². The number of benzene rings is 2. The molecule has 30 heavy (non-hydrogen) atoms. The van der Waals surface area contributed by atoms with Crippen molar-refractivity contribution in [2.24, 2.45) is 0 Å². The molecule has 150 valence electrons. The van der Waals surface area contributed by atoms with Crippen molar-refractivity contribution in [3.63, 3.8) is 0 Å². The van der Waals surface area contributed by atoms with Gasteiger partial charge in [-0.1, -0.05) is 36.4 Å². The number of aromatic nitrogens is 3. The van der Waals surface area contributed by atoms with Crippen molar-refractivity contribution in [3.05, 3.63) is 83.8 Å². The molecule has 2 aromatic carbocycles. The lowest BCUT2D eigenvalue weighted by atomic mass is 10.1. The first-order chi connectivity index (χ1) is 14.7. The lowest BCUT2D eigenvalue weighted by Crippen LogP contribution is -2.25. The van der Waals surface area contributed by atoms with Gasteiger partial charge in [-0.25, -0.2) is 9.97 Å². The zero-order valence-electron chi connectivity index (χ0n) is 16.8. The molecule has 0 spiro atoms. The van der Waals surface area contributed by atoms with Crippen LogP contribution in [0, 0.1) is 6.92 Å². The summed E-state index contributed by atoms with van der Waals surface area (Å²) in [5.41, 5.74) is 5.69. The van der Waals surface area contributed by atoms with Crippen LogP contribution >= 0.6 is 0 Å². The molecular weight excluding hydrogens is 374 g/mol. The number of carbonyl (C=O) groups excluding carboxylic acids is 1. The molecule has 1 amide bonds. The van der Waals surface area contributed by atoms with E-state index in [1.165, 1.54) is 11.1 Å². The molecule has 0 radical (unpaired) electrons. The molecule has 0 atom stereocenters. The molecule has 1 aliphatic rings. The predicted octanol–water partition coefficient (Wildman–Crippen LogP) is 4.21. The normalized spacial score (nSPS) is 13.4. The summed E-state index contributed by atoms with van der Waals surface area (Å²) >= 11 is 0. The Kier molecular flexibility index (Phi) is 4.67. The fourth-order valence-corrected chi connectivity index (χ4v) is 3.47. The van der Waals surface area contributed by atoms with Crippen molar-refractivity contribution in [2.75, 3.05) is 5.32 Å². The molecule has 0 bridgehead atoms. The highest BCUT2D eigenvalue weighted by atomic mass is 16.1. The fourth-order valence-electron chi connectivity index (χ4n) is 3.47. The summed E-state index contributed by atoms with van der Waals surface area (Å²) in [6, 6.07) is 16.2. The van der Waals surface area contributed by atoms with E-state index >= 15 is 0 Å². The molecule has 1 aliphatic carbocycles. The smallest absolute Gasteiger partial charge is 0.251 e. The second kappa shape index (κ2) is 7.63. The van der Waals surface area contributed by atoms with E-state index in [4.69, 9.17) is 4.98 Å². The molecule has 6 nitrogen and oxygen atoms in total. The lowest BCUT2D eigenvalue weighted by molar-refractivity contribution is 0.0951. The van der Waals surface area contributed by atoms with Gasteiger partial charge < -0.3 is 15.0 Å². The van der Waals surface area contributed by atoms with Gasteiger partial charge in [0.25, 0.3) is 5.91 Å². The number of fused-ring (bicyclic) bond motifs is 1. The third-order valence-corrected chi connectivity index (χ3v) is 5.44. The van der Waals surface area contributed by atoms with Crippen LogP contribution in [0.1, 0.15) is 34.3 Å². The minimum atomic E-state index is -0.0114. The van der Waals surface area contributed by atoms with Crippen LogP contribution in [-0.2, 0) is 6.54 Å². The minimum Gasteiger partial charge on any atom is -0.363 e. The standard InChI is InChI=1S/C24H23N5O/c1-16-4-2-3-5-19(16)14-26-22-23-25-12-13-29(23)15-21(28-22)17-6-8-18(9-7-17)24(30)27-20-10-11-20/h2-9,12-13,15,20H,10-11,14H2,1H3,(H,26,28)(H,27,30).